The molecule has 13 heteroatoms. The molecule has 1 saturated heterocycles. The maximum Gasteiger partial charge on any atom is 0.573 e. The number of nitrogens with zero attached hydrogens (tertiary/aromatic N) is 2. The molecule has 1 atom stereocenters. The molecule has 1 aliphatic heterocycles. The van der Waals surface area contributed by atoms with E-state index in [2.05, 4.69) is 19.2 Å². The Kier molecular flexibility index (Phi) is 7.74. The lowest BCUT2D eigenvalue weighted by atomic mass is 10.0. The SMILES string of the molecule is O=C1C(=Nc2ccc(OC(F)F)cc2)CC(c2cccc(OC(F)(F)F)c2)N1c1ccc(OC(F)F)cc1. The van der Waals surface area contributed by atoms with Crippen molar-refractivity contribution in [2.24, 2.45) is 4.99 Å². The van der Waals surface area contributed by atoms with Gasteiger partial charge in [-0.05, 0) is 66.2 Å². The molecule has 0 saturated carbocycles. The van der Waals surface area contributed by atoms with Gasteiger partial charge in [0.15, 0.2) is 0 Å². The van der Waals surface area contributed by atoms with Gasteiger partial charge in [0.1, 0.15) is 23.0 Å². The summed E-state index contributed by atoms with van der Waals surface area (Å²) in [6, 6.07) is 14.5. The normalized spacial score (nSPS) is 17.0. The highest BCUT2D eigenvalue weighted by molar-refractivity contribution is 6.46. The largest absolute Gasteiger partial charge is 0.573 e. The average Bonchev–Trinajstić information content (AvgIpc) is 3.15. The number of aliphatic imine (C=N–C) groups is 1. The highest BCUT2D eigenvalue weighted by Crippen LogP contribution is 2.39. The molecule has 0 radical (unpaired) electrons. The Hall–Kier alpha value is -4.29. The van der Waals surface area contributed by atoms with Gasteiger partial charge in [0, 0.05) is 12.1 Å². The fraction of sp³-hybridized carbons (Fsp3) is 0.200. The summed E-state index contributed by atoms with van der Waals surface area (Å²) in [5, 5.41) is 0. The first kappa shape index (κ1) is 26.8. The molecule has 1 fully saturated rings. The number of hydrogen-bond donors (Lipinski definition) is 0. The molecule has 0 aliphatic carbocycles. The van der Waals surface area contributed by atoms with Crippen LogP contribution in [0.3, 0.4) is 0 Å². The Labute approximate surface area is 210 Å². The molecular weight excluding hydrogens is 525 g/mol. The molecule has 1 heterocycles. The lowest BCUT2D eigenvalue weighted by Gasteiger charge is -2.25. The Morgan fingerprint density at radius 3 is 1.95 bits per heavy atom. The van der Waals surface area contributed by atoms with Crippen LogP contribution in [0.25, 0.3) is 0 Å². The highest BCUT2D eigenvalue weighted by atomic mass is 19.4. The molecule has 6 nitrogen and oxygen atoms in total. The van der Waals surface area contributed by atoms with Gasteiger partial charge in [-0.1, -0.05) is 12.1 Å². The summed E-state index contributed by atoms with van der Waals surface area (Å²) < 4.78 is 101. The summed E-state index contributed by atoms with van der Waals surface area (Å²) in [6.07, 6.45) is -4.98. The van der Waals surface area contributed by atoms with E-state index in [1.807, 2.05) is 0 Å². The highest BCUT2D eigenvalue weighted by Gasteiger charge is 2.39. The van der Waals surface area contributed by atoms with Crippen LogP contribution in [0.15, 0.2) is 77.8 Å². The molecule has 1 unspecified atom stereocenters. The molecule has 38 heavy (non-hydrogen) atoms. The number of rotatable bonds is 8. The van der Waals surface area contributed by atoms with E-state index in [9.17, 15) is 35.5 Å². The minimum absolute atomic E-state index is 0.0209. The molecule has 0 bridgehead atoms. The van der Waals surface area contributed by atoms with Crippen LogP contribution in [0.2, 0.25) is 0 Å². The van der Waals surface area contributed by atoms with Crippen LogP contribution in [0.5, 0.6) is 17.2 Å². The fourth-order valence-electron chi connectivity index (χ4n) is 3.86. The standard InChI is InChI=1S/C25H17F7N2O4/c26-23(27)36-17-8-4-15(5-9-17)33-20-13-21(14-2-1-3-19(12-14)38-25(30,31)32)34(22(20)35)16-6-10-18(11-7-16)37-24(28)29/h1-12,21,23-24H,13H2. The zero-order valence-corrected chi connectivity index (χ0v) is 19.0. The maximum atomic E-state index is 13.4. The molecule has 4 rings (SSSR count). The number of hydrogen-bond acceptors (Lipinski definition) is 5. The van der Waals surface area contributed by atoms with Gasteiger partial charge in [0.05, 0.1) is 11.7 Å². The number of carbonyl (C=O) groups is 1. The van der Waals surface area contributed by atoms with Crippen LogP contribution in [0.1, 0.15) is 18.0 Å². The van der Waals surface area contributed by atoms with Crippen molar-refractivity contribution < 1.29 is 49.7 Å². The first-order chi connectivity index (χ1) is 18.0. The summed E-state index contributed by atoms with van der Waals surface area (Å²) in [5.41, 5.74) is 0.798. The molecular formula is C25H17F7N2O4. The van der Waals surface area contributed by atoms with Crippen molar-refractivity contribution in [2.75, 3.05) is 4.90 Å². The minimum Gasteiger partial charge on any atom is -0.435 e. The van der Waals surface area contributed by atoms with E-state index in [4.69, 9.17) is 0 Å². The van der Waals surface area contributed by atoms with E-state index in [-0.39, 0.29) is 35.0 Å². The number of benzene rings is 3. The topological polar surface area (TPSA) is 60.4 Å². The smallest absolute Gasteiger partial charge is 0.435 e. The third kappa shape index (κ3) is 6.72. The summed E-state index contributed by atoms with van der Waals surface area (Å²) in [5.74, 6) is -1.38. The summed E-state index contributed by atoms with van der Waals surface area (Å²) in [7, 11) is 0. The molecule has 200 valence electrons. The van der Waals surface area contributed by atoms with Crippen molar-refractivity contribution in [3.05, 3.63) is 78.4 Å². The number of amides is 1. The van der Waals surface area contributed by atoms with E-state index in [1.54, 1.807) is 0 Å². The van der Waals surface area contributed by atoms with Gasteiger partial charge in [-0.15, -0.1) is 13.2 Å². The number of anilines is 1. The maximum absolute atomic E-state index is 13.4. The third-order valence-corrected chi connectivity index (χ3v) is 5.31. The fourth-order valence-corrected chi connectivity index (χ4v) is 3.86. The predicted molar refractivity (Wildman–Crippen MR) is 121 cm³/mol. The zero-order chi connectivity index (χ0) is 27.4. The van der Waals surface area contributed by atoms with Crippen LogP contribution < -0.4 is 19.1 Å². The Morgan fingerprint density at radius 2 is 1.39 bits per heavy atom. The van der Waals surface area contributed by atoms with Crippen molar-refractivity contribution in [2.45, 2.75) is 32.0 Å². The molecule has 1 amide bonds. The molecule has 3 aromatic carbocycles. The Bertz CT molecular complexity index is 1300. The monoisotopic (exact) mass is 542 g/mol. The van der Waals surface area contributed by atoms with Crippen molar-refractivity contribution >= 4 is 23.0 Å². The Balaban J connectivity index is 1.69. The van der Waals surface area contributed by atoms with Crippen LogP contribution in [0, 0.1) is 0 Å². The van der Waals surface area contributed by atoms with Crippen molar-refractivity contribution in [1.29, 1.82) is 0 Å². The van der Waals surface area contributed by atoms with Gasteiger partial charge in [-0.2, -0.15) is 17.6 Å². The van der Waals surface area contributed by atoms with Crippen molar-refractivity contribution in [1.82, 2.24) is 0 Å². The van der Waals surface area contributed by atoms with E-state index >= 15 is 0 Å². The van der Waals surface area contributed by atoms with Crippen LogP contribution >= 0.6 is 0 Å². The second-order valence-electron chi connectivity index (χ2n) is 7.82. The van der Waals surface area contributed by atoms with E-state index in [0.29, 0.717) is 5.56 Å². The quantitative estimate of drug-likeness (QED) is 0.287. The summed E-state index contributed by atoms with van der Waals surface area (Å²) >= 11 is 0. The average molecular weight is 542 g/mol. The zero-order valence-electron chi connectivity index (χ0n) is 19.0. The second kappa shape index (κ2) is 11.0. The molecule has 0 spiro atoms. The summed E-state index contributed by atoms with van der Waals surface area (Å²) in [6.45, 7) is -6.08. The molecule has 1 aliphatic rings. The number of carbonyl (C=O) groups excluding carboxylic acids is 1. The predicted octanol–water partition coefficient (Wildman–Crippen LogP) is 7.04. The third-order valence-electron chi connectivity index (χ3n) is 5.31. The van der Waals surface area contributed by atoms with E-state index < -0.39 is 37.3 Å². The Morgan fingerprint density at radius 1 is 0.816 bits per heavy atom. The number of alkyl halides is 7. The molecule has 3 aromatic rings. The van der Waals surface area contributed by atoms with Gasteiger partial charge < -0.3 is 14.2 Å². The lowest BCUT2D eigenvalue weighted by Crippen LogP contribution is -2.29. The van der Waals surface area contributed by atoms with Crippen LogP contribution in [-0.2, 0) is 4.79 Å². The van der Waals surface area contributed by atoms with Crippen molar-refractivity contribution in [3.63, 3.8) is 0 Å². The van der Waals surface area contributed by atoms with Gasteiger partial charge >= 0.3 is 19.6 Å². The van der Waals surface area contributed by atoms with Gasteiger partial charge in [0.25, 0.3) is 5.91 Å². The van der Waals surface area contributed by atoms with Gasteiger partial charge in [-0.25, -0.2) is 4.99 Å². The molecule has 0 N–H and O–H groups in total. The van der Waals surface area contributed by atoms with Gasteiger partial charge in [-0.3, -0.25) is 9.69 Å². The first-order valence-corrected chi connectivity index (χ1v) is 10.8. The van der Waals surface area contributed by atoms with Crippen LogP contribution in [0.4, 0.5) is 42.1 Å². The second-order valence-corrected chi connectivity index (χ2v) is 7.82. The first-order valence-electron chi connectivity index (χ1n) is 10.8. The van der Waals surface area contributed by atoms with Crippen molar-refractivity contribution in [3.8, 4) is 17.2 Å². The number of ether oxygens (including phenoxy) is 3. The lowest BCUT2D eigenvalue weighted by molar-refractivity contribution is -0.274. The molecule has 0 aromatic heterocycles. The van der Waals surface area contributed by atoms with E-state index in [1.165, 1.54) is 65.6 Å². The van der Waals surface area contributed by atoms with Gasteiger partial charge in [0.2, 0.25) is 0 Å². The minimum atomic E-state index is -4.93. The van der Waals surface area contributed by atoms with E-state index in [0.717, 1.165) is 12.1 Å². The summed E-state index contributed by atoms with van der Waals surface area (Å²) in [4.78, 5) is 18.9. The van der Waals surface area contributed by atoms with Crippen LogP contribution in [-0.4, -0.2) is 31.2 Å². The number of halogens is 7.